The van der Waals surface area contributed by atoms with Gasteiger partial charge in [-0.15, -0.1) is 0 Å². The number of carbonyl (C=O) groups is 2. The van der Waals surface area contributed by atoms with Crippen LogP contribution in [0, 0.1) is 11.7 Å². The summed E-state index contributed by atoms with van der Waals surface area (Å²) in [4.78, 5) is 30.6. The number of rotatable bonds is 4. The summed E-state index contributed by atoms with van der Waals surface area (Å²) >= 11 is 0. The maximum atomic E-state index is 13.6. The average Bonchev–Trinajstić information content (AvgIpc) is 2.62. The van der Waals surface area contributed by atoms with Crippen molar-refractivity contribution in [1.82, 2.24) is 15.2 Å². The van der Waals surface area contributed by atoms with Crippen LogP contribution in [-0.4, -0.2) is 28.7 Å². The summed E-state index contributed by atoms with van der Waals surface area (Å²) in [7, 11) is 1.66. The van der Waals surface area contributed by atoms with Crippen molar-refractivity contribution < 1.29 is 14.0 Å². The Balaban J connectivity index is 1.79. The number of benzene rings is 1. The first kappa shape index (κ1) is 17.1. The van der Waals surface area contributed by atoms with Crippen molar-refractivity contribution in [2.75, 3.05) is 7.05 Å². The number of amides is 2. The zero-order valence-electron chi connectivity index (χ0n) is 14.0. The van der Waals surface area contributed by atoms with Gasteiger partial charge in [0.2, 0.25) is 11.8 Å². The molecule has 0 aliphatic carbocycles. The molecule has 2 atom stereocenters. The Morgan fingerprint density at radius 3 is 2.88 bits per heavy atom. The lowest BCUT2D eigenvalue weighted by atomic mass is 9.84. The standard InChI is InChI=1S/C19H20FN3O2/c1-23-17(24)9-8-16(18(23)13-5-4-6-14(20)11-13)19(25)22-12-15-7-2-3-10-21-15/h2-7,10-11,16,18H,8-9,12H2,1H3,(H,22,25)/t16-,18+/m1/s1. The van der Waals surface area contributed by atoms with Gasteiger partial charge in [-0.05, 0) is 36.2 Å². The number of pyridine rings is 1. The predicted octanol–water partition coefficient (Wildman–Crippen LogP) is 2.45. The van der Waals surface area contributed by atoms with Gasteiger partial charge in [0.05, 0.1) is 24.2 Å². The minimum Gasteiger partial charge on any atom is -0.350 e. The van der Waals surface area contributed by atoms with E-state index in [4.69, 9.17) is 0 Å². The van der Waals surface area contributed by atoms with Gasteiger partial charge in [0.1, 0.15) is 5.82 Å². The number of piperidine rings is 1. The van der Waals surface area contributed by atoms with Crippen molar-refractivity contribution in [1.29, 1.82) is 0 Å². The highest BCUT2D eigenvalue weighted by Gasteiger charge is 2.38. The Morgan fingerprint density at radius 1 is 1.32 bits per heavy atom. The highest BCUT2D eigenvalue weighted by Crippen LogP contribution is 2.36. The molecular weight excluding hydrogens is 321 g/mol. The topological polar surface area (TPSA) is 62.3 Å². The molecule has 1 aliphatic rings. The summed E-state index contributed by atoms with van der Waals surface area (Å²) < 4.78 is 13.6. The van der Waals surface area contributed by atoms with E-state index >= 15 is 0 Å². The summed E-state index contributed by atoms with van der Waals surface area (Å²) in [5, 5.41) is 2.89. The Hall–Kier alpha value is -2.76. The molecule has 1 aromatic carbocycles. The van der Waals surface area contributed by atoms with Crippen LogP contribution in [-0.2, 0) is 16.1 Å². The second kappa shape index (κ2) is 7.42. The summed E-state index contributed by atoms with van der Waals surface area (Å²) in [6.45, 7) is 0.323. The molecule has 5 nitrogen and oxygen atoms in total. The molecule has 2 amide bonds. The molecule has 1 N–H and O–H groups in total. The normalized spacial score (nSPS) is 20.4. The molecule has 0 bridgehead atoms. The lowest BCUT2D eigenvalue weighted by molar-refractivity contribution is -0.141. The van der Waals surface area contributed by atoms with E-state index in [1.807, 2.05) is 18.2 Å². The zero-order valence-corrected chi connectivity index (χ0v) is 14.0. The van der Waals surface area contributed by atoms with Crippen LogP contribution in [0.4, 0.5) is 4.39 Å². The summed E-state index contributed by atoms with van der Waals surface area (Å²) in [5.74, 6) is -0.993. The van der Waals surface area contributed by atoms with E-state index in [-0.39, 0.29) is 17.6 Å². The first-order valence-electron chi connectivity index (χ1n) is 8.25. The molecule has 2 heterocycles. The number of halogens is 1. The van der Waals surface area contributed by atoms with Gasteiger partial charge in [0.15, 0.2) is 0 Å². The second-order valence-corrected chi connectivity index (χ2v) is 6.19. The van der Waals surface area contributed by atoms with Crippen LogP contribution < -0.4 is 5.32 Å². The number of aromatic nitrogens is 1. The lowest BCUT2D eigenvalue weighted by Gasteiger charge is -2.38. The van der Waals surface area contributed by atoms with E-state index in [1.54, 1.807) is 30.3 Å². The van der Waals surface area contributed by atoms with Gasteiger partial charge in [-0.25, -0.2) is 4.39 Å². The highest BCUT2D eigenvalue weighted by atomic mass is 19.1. The van der Waals surface area contributed by atoms with Gasteiger partial charge >= 0.3 is 0 Å². The van der Waals surface area contributed by atoms with Crippen LogP contribution in [0.15, 0.2) is 48.7 Å². The Bertz CT molecular complexity index is 766. The Labute approximate surface area is 145 Å². The van der Waals surface area contributed by atoms with Crippen molar-refractivity contribution >= 4 is 11.8 Å². The molecule has 1 fully saturated rings. The Kier molecular flexibility index (Phi) is 5.07. The second-order valence-electron chi connectivity index (χ2n) is 6.19. The van der Waals surface area contributed by atoms with Gasteiger partial charge in [-0.2, -0.15) is 0 Å². The van der Waals surface area contributed by atoms with E-state index in [9.17, 15) is 14.0 Å². The van der Waals surface area contributed by atoms with Crippen LogP contribution in [0.25, 0.3) is 0 Å². The number of hydrogen-bond acceptors (Lipinski definition) is 3. The maximum absolute atomic E-state index is 13.6. The van der Waals surface area contributed by atoms with E-state index in [0.717, 1.165) is 5.69 Å². The van der Waals surface area contributed by atoms with Crippen LogP contribution in [0.5, 0.6) is 0 Å². The van der Waals surface area contributed by atoms with Crippen molar-refractivity contribution in [3.05, 3.63) is 65.7 Å². The minimum atomic E-state index is -0.472. The van der Waals surface area contributed by atoms with Crippen molar-refractivity contribution in [3.8, 4) is 0 Å². The first-order valence-corrected chi connectivity index (χ1v) is 8.25. The fourth-order valence-electron chi connectivity index (χ4n) is 3.27. The molecule has 1 saturated heterocycles. The molecule has 1 aromatic heterocycles. The molecule has 6 heteroatoms. The number of carbonyl (C=O) groups excluding carboxylic acids is 2. The third-order valence-corrected chi connectivity index (χ3v) is 4.56. The monoisotopic (exact) mass is 341 g/mol. The van der Waals surface area contributed by atoms with Crippen LogP contribution in [0.2, 0.25) is 0 Å². The van der Waals surface area contributed by atoms with Crippen LogP contribution >= 0.6 is 0 Å². The summed E-state index contributed by atoms with van der Waals surface area (Å²) in [5.41, 5.74) is 1.40. The fraction of sp³-hybridized carbons (Fsp3) is 0.316. The molecule has 0 saturated carbocycles. The highest BCUT2D eigenvalue weighted by molar-refractivity contribution is 5.84. The molecule has 2 aromatic rings. The smallest absolute Gasteiger partial charge is 0.225 e. The predicted molar refractivity (Wildman–Crippen MR) is 90.7 cm³/mol. The van der Waals surface area contributed by atoms with Crippen molar-refractivity contribution in [2.45, 2.75) is 25.4 Å². The van der Waals surface area contributed by atoms with Gasteiger partial charge < -0.3 is 10.2 Å². The maximum Gasteiger partial charge on any atom is 0.225 e. The number of nitrogens with one attached hydrogen (secondary N) is 1. The molecule has 0 radical (unpaired) electrons. The van der Waals surface area contributed by atoms with Crippen molar-refractivity contribution in [2.24, 2.45) is 5.92 Å². The summed E-state index contributed by atoms with van der Waals surface area (Å²) in [6, 6.07) is 11.1. The van der Waals surface area contributed by atoms with Crippen molar-refractivity contribution in [3.63, 3.8) is 0 Å². The molecule has 130 valence electrons. The summed E-state index contributed by atoms with van der Waals surface area (Å²) in [6.07, 6.45) is 2.42. The lowest BCUT2D eigenvalue weighted by Crippen LogP contribution is -2.46. The average molecular weight is 341 g/mol. The first-order chi connectivity index (χ1) is 12.1. The van der Waals surface area contributed by atoms with Gasteiger partial charge in [-0.1, -0.05) is 18.2 Å². The van der Waals surface area contributed by atoms with E-state index in [0.29, 0.717) is 24.9 Å². The number of hydrogen-bond donors (Lipinski definition) is 1. The molecule has 25 heavy (non-hydrogen) atoms. The van der Waals surface area contributed by atoms with Gasteiger partial charge in [-0.3, -0.25) is 14.6 Å². The number of nitrogens with zero attached hydrogens (tertiary/aromatic N) is 2. The fourth-order valence-corrected chi connectivity index (χ4v) is 3.27. The molecule has 0 spiro atoms. The van der Waals surface area contributed by atoms with E-state index < -0.39 is 12.0 Å². The zero-order chi connectivity index (χ0) is 17.8. The molecule has 3 rings (SSSR count). The van der Waals surface area contributed by atoms with E-state index in [1.165, 1.54) is 12.1 Å². The number of likely N-dealkylation sites (tertiary alicyclic amines) is 1. The van der Waals surface area contributed by atoms with Gasteiger partial charge in [0, 0.05) is 19.7 Å². The molecular formula is C19H20FN3O2. The van der Waals surface area contributed by atoms with Gasteiger partial charge in [0.25, 0.3) is 0 Å². The van der Waals surface area contributed by atoms with Crippen LogP contribution in [0.3, 0.4) is 0 Å². The third-order valence-electron chi connectivity index (χ3n) is 4.56. The SMILES string of the molecule is CN1C(=O)CC[C@@H](C(=O)NCc2ccccn2)[C@@H]1c1cccc(F)c1. The largest absolute Gasteiger partial charge is 0.350 e. The minimum absolute atomic E-state index is 0.0389. The molecule has 0 unspecified atom stereocenters. The quantitative estimate of drug-likeness (QED) is 0.929. The van der Waals surface area contributed by atoms with Crippen LogP contribution in [0.1, 0.15) is 30.1 Å². The Morgan fingerprint density at radius 2 is 2.16 bits per heavy atom. The molecule has 1 aliphatic heterocycles. The third kappa shape index (κ3) is 3.84. The van der Waals surface area contributed by atoms with E-state index in [2.05, 4.69) is 10.3 Å².